The number of anilines is 1. The van der Waals surface area contributed by atoms with E-state index >= 15 is 0 Å². The summed E-state index contributed by atoms with van der Waals surface area (Å²) in [6, 6.07) is 0. The van der Waals surface area contributed by atoms with Gasteiger partial charge in [-0.25, -0.2) is 4.98 Å². The molecule has 1 aromatic heterocycles. The number of aromatic nitrogens is 2. The third kappa shape index (κ3) is 3.01. The van der Waals surface area contributed by atoms with Crippen LogP contribution in [0, 0.1) is 15.5 Å². The van der Waals surface area contributed by atoms with Gasteiger partial charge < -0.3 is 15.2 Å². The highest BCUT2D eigenvalue weighted by Gasteiger charge is 2.45. The van der Waals surface area contributed by atoms with Crippen LogP contribution in [-0.4, -0.2) is 38.6 Å². The van der Waals surface area contributed by atoms with Crippen LogP contribution in [0.5, 0.6) is 5.88 Å². The number of methoxy groups -OCH3 is 1. The van der Waals surface area contributed by atoms with Gasteiger partial charge in [0.2, 0.25) is 5.82 Å². The molecule has 0 aliphatic carbocycles. The van der Waals surface area contributed by atoms with Crippen molar-refractivity contribution < 1.29 is 19.6 Å². The van der Waals surface area contributed by atoms with E-state index in [9.17, 15) is 20.0 Å². The molecule has 9 heteroatoms. The standard InChI is InChI=1S/C12H18N4O5/c1-11(2,10(17)18)12(3,4)15-8-7(16(19)20)9(21-5)14-6-13-8/h6H,1-5H3,(H,17,18)(H,13,14,15). The average molecular weight is 298 g/mol. The zero-order valence-electron chi connectivity index (χ0n) is 12.5. The smallest absolute Gasteiger partial charge is 0.372 e. The van der Waals surface area contributed by atoms with Crippen molar-refractivity contribution in [2.24, 2.45) is 5.41 Å². The number of aliphatic carboxylic acids is 1. The molecule has 0 radical (unpaired) electrons. The first kappa shape index (κ1) is 16.6. The second-order valence-corrected chi connectivity index (χ2v) is 5.52. The van der Waals surface area contributed by atoms with Crippen molar-refractivity contribution in [2.45, 2.75) is 33.2 Å². The maximum Gasteiger partial charge on any atom is 0.372 e. The van der Waals surface area contributed by atoms with Crippen molar-refractivity contribution in [2.75, 3.05) is 12.4 Å². The SMILES string of the molecule is COc1ncnc(NC(C)(C)C(C)(C)C(=O)O)c1[N+](=O)[O-]. The van der Waals surface area contributed by atoms with Gasteiger partial charge in [0.15, 0.2) is 0 Å². The van der Waals surface area contributed by atoms with Crippen molar-refractivity contribution in [3.63, 3.8) is 0 Å². The number of nitrogens with zero attached hydrogens (tertiary/aromatic N) is 3. The van der Waals surface area contributed by atoms with Crippen LogP contribution in [0.4, 0.5) is 11.5 Å². The lowest BCUT2D eigenvalue weighted by Gasteiger charge is -2.38. The summed E-state index contributed by atoms with van der Waals surface area (Å²) >= 11 is 0. The van der Waals surface area contributed by atoms with Gasteiger partial charge in [-0.15, -0.1) is 0 Å². The summed E-state index contributed by atoms with van der Waals surface area (Å²) in [5, 5.41) is 23.3. The number of rotatable bonds is 6. The summed E-state index contributed by atoms with van der Waals surface area (Å²) in [6.07, 6.45) is 1.11. The number of nitrogens with one attached hydrogen (secondary N) is 1. The van der Waals surface area contributed by atoms with E-state index in [0.29, 0.717) is 0 Å². The fraction of sp³-hybridized carbons (Fsp3) is 0.583. The Bertz CT molecular complexity index is 571. The molecular weight excluding hydrogens is 280 g/mol. The van der Waals surface area contributed by atoms with Crippen LogP contribution in [0.25, 0.3) is 0 Å². The van der Waals surface area contributed by atoms with Crippen molar-refractivity contribution in [3.05, 3.63) is 16.4 Å². The van der Waals surface area contributed by atoms with Gasteiger partial charge in [-0.1, -0.05) is 0 Å². The Labute approximate surface area is 121 Å². The Kier molecular flexibility index (Phi) is 4.35. The van der Waals surface area contributed by atoms with Crippen molar-refractivity contribution in [1.82, 2.24) is 9.97 Å². The first-order chi connectivity index (χ1) is 9.54. The van der Waals surface area contributed by atoms with E-state index in [0.717, 1.165) is 6.33 Å². The van der Waals surface area contributed by atoms with Crippen molar-refractivity contribution >= 4 is 17.5 Å². The third-order valence-electron chi connectivity index (χ3n) is 3.69. The Morgan fingerprint density at radius 2 is 1.95 bits per heavy atom. The van der Waals surface area contributed by atoms with E-state index in [1.54, 1.807) is 13.8 Å². The number of hydrogen-bond donors (Lipinski definition) is 2. The lowest BCUT2D eigenvalue weighted by atomic mass is 9.74. The molecule has 0 unspecified atom stereocenters. The minimum absolute atomic E-state index is 0.0915. The molecule has 0 spiro atoms. The summed E-state index contributed by atoms with van der Waals surface area (Å²) in [7, 11) is 1.26. The Balaban J connectivity index is 3.31. The quantitative estimate of drug-likeness (QED) is 0.600. The number of hydrogen-bond acceptors (Lipinski definition) is 7. The van der Waals surface area contributed by atoms with Crippen LogP contribution in [0.15, 0.2) is 6.33 Å². The topological polar surface area (TPSA) is 127 Å². The van der Waals surface area contributed by atoms with E-state index in [-0.39, 0.29) is 11.7 Å². The molecule has 2 N–H and O–H groups in total. The number of carboxylic acid groups (broad SMARTS) is 1. The predicted molar refractivity (Wildman–Crippen MR) is 74.4 cm³/mol. The molecule has 0 amide bonds. The summed E-state index contributed by atoms with van der Waals surface area (Å²) in [6.45, 7) is 6.29. The normalized spacial score (nSPS) is 11.9. The lowest BCUT2D eigenvalue weighted by Crippen LogP contribution is -2.50. The van der Waals surface area contributed by atoms with Gasteiger partial charge in [0.25, 0.3) is 5.88 Å². The molecule has 9 nitrogen and oxygen atoms in total. The van der Waals surface area contributed by atoms with E-state index in [4.69, 9.17) is 4.74 Å². The van der Waals surface area contributed by atoms with Crippen LogP contribution in [0.3, 0.4) is 0 Å². The van der Waals surface area contributed by atoms with Crippen LogP contribution in [0.2, 0.25) is 0 Å². The van der Waals surface area contributed by atoms with E-state index < -0.39 is 27.5 Å². The van der Waals surface area contributed by atoms with Crippen LogP contribution in [0.1, 0.15) is 27.7 Å². The molecule has 0 aliphatic heterocycles. The predicted octanol–water partition coefficient (Wildman–Crippen LogP) is 1.69. The van der Waals surface area contributed by atoms with Gasteiger partial charge in [-0.3, -0.25) is 14.9 Å². The second-order valence-electron chi connectivity index (χ2n) is 5.52. The highest BCUT2D eigenvalue weighted by atomic mass is 16.6. The maximum atomic E-state index is 11.4. The van der Waals surface area contributed by atoms with Gasteiger partial charge in [0, 0.05) is 5.54 Å². The van der Waals surface area contributed by atoms with Gasteiger partial charge >= 0.3 is 11.7 Å². The maximum absolute atomic E-state index is 11.4. The molecule has 21 heavy (non-hydrogen) atoms. The Hall–Kier alpha value is -2.45. The molecular formula is C12H18N4O5. The highest BCUT2D eigenvalue weighted by molar-refractivity contribution is 5.77. The summed E-state index contributed by atoms with van der Waals surface area (Å²) in [4.78, 5) is 29.4. The van der Waals surface area contributed by atoms with Crippen LogP contribution >= 0.6 is 0 Å². The number of ether oxygens (including phenoxy) is 1. The Morgan fingerprint density at radius 1 is 1.38 bits per heavy atom. The van der Waals surface area contributed by atoms with Gasteiger partial charge in [0.1, 0.15) is 6.33 Å². The van der Waals surface area contributed by atoms with Crippen molar-refractivity contribution in [1.29, 1.82) is 0 Å². The molecule has 0 saturated heterocycles. The number of carboxylic acids is 1. The molecule has 0 bridgehead atoms. The summed E-state index contributed by atoms with van der Waals surface area (Å²) < 4.78 is 4.85. The van der Waals surface area contributed by atoms with E-state index in [2.05, 4.69) is 15.3 Å². The fourth-order valence-electron chi connectivity index (χ4n) is 1.49. The molecule has 0 fully saturated rings. The largest absolute Gasteiger partial charge is 0.481 e. The third-order valence-corrected chi connectivity index (χ3v) is 3.69. The van der Waals surface area contributed by atoms with Gasteiger partial charge in [0.05, 0.1) is 17.4 Å². The zero-order chi connectivity index (χ0) is 16.4. The van der Waals surface area contributed by atoms with Crippen LogP contribution in [-0.2, 0) is 4.79 Å². The number of carbonyl (C=O) groups is 1. The fourth-order valence-corrected chi connectivity index (χ4v) is 1.49. The van der Waals surface area contributed by atoms with E-state index in [1.165, 1.54) is 21.0 Å². The first-order valence-corrected chi connectivity index (χ1v) is 6.09. The monoisotopic (exact) mass is 298 g/mol. The molecule has 116 valence electrons. The first-order valence-electron chi connectivity index (χ1n) is 6.09. The lowest BCUT2D eigenvalue weighted by molar-refractivity contribution is -0.385. The highest BCUT2D eigenvalue weighted by Crippen LogP contribution is 2.38. The number of nitro groups is 1. The molecule has 0 saturated carbocycles. The molecule has 0 aromatic carbocycles. The van der Waals surface area contributed by atoms with Gasteiger partial charge in [-0.05, 0) is 27.7 Å². The molecule has 1 aromatic rings. The molecule has 1 rings (SSSR count). The Morgan fingerprint density at radius 3 is 2.38 bits per heavy atom. The second kappa shape index (κ2) is 5.51. The minimum Gasteiger partial charge on any atom is -0.481 e. The molecule has 0 aliphatic rings. The summed E-state index contributed by atoms with van der Waals surface area (Å²) in [5.74, 6) is -1.32. The summed E-state index contributed by atoms with van der Waals surface area (Å²) in [5.41, 5.74) is -2.64. The van der Waals surface area contributed by atoms with Gasteiger partial charge in [-0.2, -0.15) is 4.98 Å². The average Bonchev–Trinajstić information content (AvgIpc) is 2.36. The van der Waals surface area contributed by atoms with Crippen LogP contribution < -0.4 is 10.1 Å². The minimum atomic E-state index is -1.20. The van der Waals surface area contributed by atoms with Crippen molar-refractivity contribution in [3.8, 4) is 5.88 Å². The zero-order valence-corrected chi connectivity index (χ0v) is 12.5. The molecule has 1 heterocycles. The molecule has 0 atom stereocenters. The van der Waals surface area contributed by atoms with E-state index in [1.807, 2.05) is 0 Å².